The standard InChI is InChI=1S/C17H23NO7S/c1-23-15-5-4-13(10-16(15)24-2)14(19)11-25-17(20)12-6-8-18(9-7-12)26(3,21)22/h4-5,10,12H,6-9,11H2,1-3H3. The van der Waals surface area contributed by atoms with E-state index in [2.05, 4.69) is 0 Å². The molecule has 0 aliphatic carbocycles. The Bertz CT molecular complexity index is 767. The van der Waals surface area contributed by atoms with E-state index in [1.807, 2.05) is 0 Å². The number of methoxy groups -OCH3 is 2. The molecule has 1 aromatic carbocycles. The predicted molar refractivity (Wildman–Crippen MR) is 94.0 cm³/mol. The highest BCUT2D eigenvalue weighted by Gasteiger charge is 2.30. The molecule has 144 valence electrons. The van der Waals surface area contributed by atoms with Crippen LogP contribution >= 0.6 is 0 Å². The van der Waals surface area contributed by atoms with Gasteiger partial charge in [-0.15, -0.1) is 0 Å². The maximum Gasteiger partial charge on any atom is 0.309 e. The van der Waals surface area contributed by atoms with Gasteiger partial charge in [0.15, 0.2) is 23.9 Å². The van der Waals surface area contributed by atoms with E-state index in [9.17, 15) is 18.0 Å². The molecule has 0 unspecified atom stereocenters. The molecule has 0 saturated carbocycles. The molecule has 1 aromatic rings. The van der Waals surface area contributed by atoms with Crippen LogP contribution in [-0.2, 0) is 19.6 Å². The number of esters is 1. The molecule has 0 aromatic heterocycles. The van der Waals surface area contributed by atoms with Crippen molar-refractivity contribution in [1.82, 2.24) is 4.31 Å². The van der Waals surface area contributed by atoms with E-state index in [4.69, 9.17) is 14.2 Å². The molecule has 0 radical (unpaired) electrons. The minimum Gasteiger partial charge on any atom is -0.493 e. The second-order valence-corrected chi connectivity index (χ2v) is 8.02. The lowest BCUT2D eigenvalue weighted by atomic mass is 9.98. The number of piperidine rings is 1. The number of hydrogen-bond acceptors (Lipinski definition) is 7. The van der Waals surface area contributed by atoms with Gasteiger partial charge in [-0.3, -0.25) is 9.59 Å². The third-order valence-corrected chi connectivity index (χ3v) is 5.61. The number of hydrogen-bond donors (Lipinski definition) is 0. The Morgan fingerprint density at radius 3 is 2.27 bits per heavy atom. The Morgan fingerprint density at radius 2 is 1.73 bits per heavy atom. The minimum absolute atomic E-state index is 0.280. The Labute approximate surface area is 153 Å². The molecule has 0 spiro atoms. The van der Waals surface area contributed by atoms with E-state index in [1.165, 1.54) is 24.6 Å². The lowest BCUT2D eigenvalue weighted by Gasteiger charge is -2.28. The highest BCUT2D eigenvalue weighted by Crippen LogP contribution is 2.28. The number of Topliss-reactive ketones (excluding diaryl/α,β-unsaturated/α-hetero) is 1. The van der Waals surface area contributed by atoms with Crippen LogP contribution in [0.5, 0.6) is 11.5 Å². The van der Waals surface area contributed by atoms with Crippen molar-refractivity contribution in [3.63, 3.8) is 0 Å². The Balaban J connectivity index is 1.89. The summed E-state index contributed by atoms with van der Waals surface area (Å²) in [6.45, 7) is 0.186. The fraction of sp³-hybridized carbons (Fsp3) is 0.529. The molecular formula is C17H23NO7S. The third kappa shape index (κ3) is 4.95. The first kappa shape index (κ1) is 20.2. The second-order valence-electron chi connectivity index (χ2n) is 6.04. The monoisotopic (exact) mass is 385 g/mol. The molecule has 1 aliphatic rings. The maximum atomic E-state index is 12.2. The van der Waals surface area contributed by atoms with Crippen LogP contribution < -0.4 is 9.47 Å². The molecule has 1 heterocycles. The van der Waals surface area contributed by atoms with Gasteiger partial charge in [-0.05, 0) is 31.0 Å². The fourth-order valence-electron chi connectivity index (χ4n) is 2.77. The topological polar surface area (TPSA) is 99.2 Å². The summed E-state index contributed by atoms with van der Waals surface area (Å²) in [5.74, 6) is -0.317. The van der Waals surface area contributed by atoms with Gasteiger partial charge in [0.25, 0.3) is 0 Å². The van der Waals surface area contributed by atoms with Gasteiger partial charge in [0, 0.05) is 18.7 Å². The van der Waals surface area contributed by atoms with Crippen LogP contribution in [0, 0.1) is 5.92 Å². The van der Waals surface area contributed by atoms with Gasteiger partial charge in [0.05, 0.1) is 26.4 Å². The number of carbonyl (C=O) groups excluding carboxylic acids is 2. The highest BCUT2D eigenvalue weighted by molar-refractivity contribution is 7.88. The highest BCUT2D eigenvalue weighted by atomic mass is 32.2. The van der Waals surface area contributed by atoms with Crippen molar-refractivity contribution in [2.24, 2.45) is 5.92 Å². The summed E-state index contributed by atoms with van der Waals surface area (Å²) in [6, 6.07) is 4.70. The number of carbonyl (C=O) groups is 2. The van der Waals surface area contributed by atoms with Crippen LogP contribution in [0.3, 0.4) is 0 Å². The van der Waals surface area contributed by atoms with Crippen molar-refractivity contribution in [2.45, 2.75) is 12.8 Å². The van der Waals surface area contributed by atoms with E-state index < -0.39 is 21.9 Å². The van der Waals surface area contributed by atoms with Crippen molar-refractivity contribution in [1.29, 1.82) is 0 Å². The Morgan fingerprint density at radius 1 is 1.12 bits per heavy atom. The molecule has 8 nitrogen and oxygen atoms in total. The zero-order valence-electron chi connectivity index (χ0n) is 15.1. The summed E-state index contributed by atoms with van der Waals surface area (Å²) < 4.78 is 39.7. The van der Waals surface area contributed by atoms with Gasteiger partial charge in [-0.1, -0.05) is 0 Å². The second kappa shape index (κ2) is 8.50. The van der Waals surface area contributed by atoms with Crippen molar-refractivity contribution < 1.29 is 32.2 Å². The van der Waals surface area contributed by atoms with Gasteiger partial charge in [0.1, 0.15) is 0 Å². The lowest BCUT2D eigenvalue weighted by Crippen LogP contribution is -2.40. The smallest absolute Gasteiger partial charge is 0.309 e. The first-order valence-electron chi connectivity index (χ1n) is 8.13. The molecule has 26 heavy (non-hydrogen) atoms. The summed E-state index contributed by atoms with van der Waals surface area (Å²) in [6.07, 6.45) is 1.92. The van der Waals surface area contributed by atoms with E-state index in [-0.39, 0.29) is 25.5 Å². The fourth-order valence-corrected chi connectivity index (χ4v) is 3.64. The summed E-state index contributed by atoms with van der Waals surface area (Å²) >= 11 is 0. The summed E-state index contributed by atoms with van der Waals surface area (Å²) in [7, 11) is -0.281. The van der Waals surface area contributed by atoms with Crippen LogP contribution in [0.25, 0.3) is 0 Å². The summed E-state index contributed by atoms with van der Waals surface area (Å²) in [5.41, 5.74) is 0.349. The number of nitrogens with zero attached hydrogens (tertiary/aromatic N) is 1. The maximum absolute atomic E-state index is 12.2. The van der Waals surface area contributed by atoms with E-state index in [0.717, 1.165) is 6.26 Å². The number of benzene rings is 1. The third-order valence-electron chi connectivity index (χ3n) is 4.31. The van der Waals surface area contributed by atoms with Crippen LogP contribution in [0.2, 0.25) is 0 Å². The molecule has 1 aliphatic heterocycles. The number of ketones is 1. The summed E-state index contributed by atoms with van der Waals surface area (Å²) in [4.78, 5) is 24.3. The van der Waals surface area contributed by atoms with Gasteiger partial charge in [-0.2, -0.15) is 0 Å². The van der Waals surface area contributed by atoms with Crippen LogP contribution in [-0.4, -0.2) is 64.6 Å². The molecule has 9 heteroatoms. The first-order valence-corrected chi connectivity index (χ1v) is 9.98. The Kier molecular flexibility index (Phi) is 6.60. The van der Waals surface area contributed by atoms with E-state index in [1.54, 1.807) is 12.1 Å². The molecule has 0 N–H and O–H groups in total. The molecule has 1 saturated heterocycles. The van der Waals surface area contributed by atoms with Gasteiger partial charge >= 0.3 is 5.97 Å². The first-order chi connectivity index (χ1) is 12.3. The Hall–Kier alpha value is -2.13. The van der Waals surface area contributed by atoms with Crippen molar-refractivity contribution in [2.75, 3.05) is 40.2 Å². The van der Waals surface area contributed by atoms with Gasteiger partial charge < -0.3 is 14.2 Å². The summed E-state index contributed by atoms with van der Waals surface area (Å²) in [5, 5.41) is 0. The largest absolute Gasteiger partial charge is 0.493 e. The van der Waals surface area contributed by atoms with Crippen molar-refractivity contribution in [3.05, 3.63) is 23.8 Å². The molecule has 0 atom stereocenters. The number of rotatable bonds is 7. The van der Waals surface area contributed by atoms with Gasteiger partial charge in [0.2, 0.25) is 10.0 Å². The molecular weight excluding hydrogens is 362 g/mol. The lowest BCUT2D eigenvalue weighted by molar-refractivity contribution is -0.148. The number of sulfonamides is 1. The number of ether oxygens (including phenoxy) is 3. The minimum atomic E-state index is -3.24. The normalized spacial score (nSPS) is 16.1. The molecule has 0 amide bonds. The zero-order chi connectivity index (χ0) is 19.3. The van der Waals surface area contributed by atoms with Gasteiger partial charge in [-0.25, -0.2) is 12.7 Å². The van der Waals surface area contributed by atoms with Crippen LogP contribution in [0.1, 0.15) is 23.2 Å². The quantitative estimate of drug-likeness (QED) is 0.512. The molecule has 0 bridgehead atoms. The van der Waals surface area contributed by atoms with E-state index in [0.29, 0.717) is 29.9 Å². The van der Waals surface area contributed by atoms with Crippen molar-refractivity contribution in [3.8, 4) is 11.5 Å². The average Bonchev–Trinajstić information content (AvgIpc) is 2.64. The predicted octanol–water partition coefficient (Wildman–Crippen LogP) is 1.10. The zero-order valence-corrected chi connectivity index (χ0v) is 15.9. The van der Waals surface area contributed by atoms with Crippen molar-refractivity contribution >= 4 is 21.8 Å². The molecule has 2 rings (SSSR count). The van der Waals surface area contributed by atoms with Crippen LogP contribution in [0.15, 0.2) is 18.2 Å². The van der Waals surface area contributed by atoms with Crippen LogP contribution in [0.4, 0.5) is 0 Å². The molecule has 1 fully saturated rings. The average molecular weight is 385 g/mol. The van der Waals surface area contributed by atoms with E-state index >= 15 is 0 Å². The SMILES string of the molecule is COc1ccc(C(=O)COC(=O)C2CCN(S(C)(=O)=O)CC2)cc1OC.